The summed E-state index contributed by atoms with van der Waals surface area (Å²) in [5.74, 6) is -0.546. The fourth-order valence-corrected chi connectivity index (χ4v) is 4.64. The zero-order valence-corrected chi connectivity index (χ0v) is 18.6. The minimum absolute atomic E-state index is 0.202. The molecule has 3 aromatic rings. The Morgan fingerprint density at radius 3 is 2.69 bits per heavy atom. The van der Waals surface area contributed by atoms with Gasteiger partial charge in [0.25, 0.3) is 5.91 Å². The Hall–Kier alpha value is -2.74. The molecule has 9 heteroatoms. The number of rotatable bonds is 3. The van der Waals surface area contributed by atoms with Gasteiger partial charge >= 0.3 is 0 Å². The van der Waals surface area contributed by atoms with Crippen LogP contribution in [-0.4, -0.2) is 37.7 Å². The quantitative estimate of drug-likeness (QED) is 0.554. The van der Waals surface area contributed by atoms with Gasteiger partial charge in [-0.3, -0.25) is 4.79 Å². The SMILES string of the molecule is Cc1nc2c3c(nn2c(C)c1Cl)CN(C(=O)c1ccc(F)cc1O[C@H]1CC[C@@H](F)CC1)C3. The Bertz CT molecular complexity index is 1220. The number of aryl methyl sites for hydroxylation is 2. The second-order valence-electron chi connectivity index (χ2n) is 8.55. The standard InChI is InChI=1S/C23H23ClF2N4O2/c1-12-21(24)13(2)30-22(27-12)18-10-29(11-19(18)28-30)23(31)17-8-5-15(26)9-20(17)32-16-6-3-14(25)4-7-16/h5,8-9,14,16H,3-4,6-7,10-11H2,1-2H3/t14-,16+. The summed E-state index contributed by atoms with van der Waals surface area (Å²) in [5, 5.41) is 5.18. The first-order chi connectivity index (χ1) is 15.3. The van der Waals surface area contributed by atoms with Gasteiger partial charge < -0.3 is 9.64 Å². The van der Waals surface area contributed by atoms with Crippen LogP contribution in [-0.2, 0) is 13.1 Å². The van der Waals surface area contributed by atoms with Gasteiger partial charge in [-0.05, 0) is 51.7 Å². The molecule has 0 spiro atoms. The first-order valence-corrected chi connectivity index (χ1v) is 11.1. The number of nitrogens with zero attached hydrogens (tertiary/aromatic N) is 4. The van der Waals surface area contributed by atoms with Gasteiger partial charge in [-0.2, -0.15) is 5.10 Å². The Morgan fingerprint density at radius 1 is 1.19 bits per heavy atom. The monoisotopic (exact) mass is 460 g/mol. The van der Waals surface area contributed by atoms with Crippen molar-refractivity contribution in [2.75, 3.05) is 0 Å². The number of fused-ring (bicyclic) bond motifs is 3. The molecule has 1 aliphatic heterocycles. The lowest BCUT2D eigenvalue weighted by molar-refractivity contribution is 0.0732. The summed E-state index contributed by atoms with van der Waals surface area (Å²) < 4.78 is 35.1. The van der Waals surface area contributed by atoms with Gasteiger partial charge in [0, 0.05) is 11.6 Å². The van der Waals surface area contributed by atoms with Gasteiger partial charge in [0.2, 0.25) is 0 Å². The summed E-state index contributed by atoms with van der Waals surface area (Å²) in [7, 11) is 0. The molecule has 1 saturated carbocycles. The predicted molar refractivity (Wildman–Crippen MR) is 115 cm³/mol. The number of ether oxygens (including phenoxy) is 1. The molecule has 1 aromatic carbocycles. The second-order valence-corrected chi connectivity index (χ2v) is 8.93. The highest BCUT2D eigenvalue weighted by molar-refractivity contribution is 6.31. The molecule has 2 aliphatic rings. The van der Waals surface area contributed by atoms with Gasteiger partial charge in [0.1, 0.15) is 17.7 Å². The number of carbonyl (C=O) groups is 1. The third-order valence-electron chi connectivity index (χ3n) is 6.31. The molecule has 0 bridgehead atoms. The minimum Gasteiger partial charge on any atom is -0.489 e. The summed E-state index contributed by atoms with van der Waals surface area (Å²) in [6.07, 6.45) is 0.882. The van der Waals surface area contributed by atoms with Crippen molar-refractivity contribution in [3.05, 3.63) is 57.2 Å². The first kappa shape index (κ1) is 21.1. The van der Waals surface area contributed by atoms with E-state index in [1.807, 2.05) is 13.8 Å². The maximum absolute atomic E-state index is 14.0. The molecule has 168 valence electrons. The van der Waals surface area contributed by atoms with Crippen molar-refractivity contribution >= 4 is 23.2 Å². The van der Waals surface area contributed by atoms with Crippen molar-refractivity contribution in [3.63, 3.8) is 0 Å². The number of alkyl halides is 1. The van der Waals surface area contributed by atoms with Crippen LogP contribution in [0.15, 0.2) is 18.2 Å². The minimum atomic E-state index is -0.818. The van der Waals surface area contributed by atoms with Crippen LogP contribution in [0.1, 0.15) is 58.7 Å². The molecule has 0 atom stereocenters. The van der Waals surface area contributed by atoms with Gasteiger partial charge in [-0.25, -0.2) is 18.3 Å². The van der Waals surface area contributed by atoms with Gasteiger partial charge in [0.15, 0.2) is 5.65 Å². The lowest BCUT2D eigenvalue weighted by atomic mass is 9.96. The Kier molecular flexibility index (Phi) is 5.28. The first-order valence-electron chi connectivity index (χ1n) is 10.7. The number of benzene rings is 1. The molecule has 1 amide bonds. The van der Waals surface area contributed by atoms with Crippen LogP contribution in [0.2, 0.25) is 5.02 Å². The van der Waals surface area contributed by atoms with E-state index in [4.69, 9.17) is 16.3 Å². The van der Waals surface area contributed by atoms with E-state index in [0.29, 0.717) is 60.7 Å². The topological polar surface area (TPSA) is 59.7 Å². The van der Waals surface area contributed by atoms with E-state index >= 15 is 0 Å². The number of hydrogen-bond donors (Lipinski definition) is 0. The van der Waals surface area contributed by atoms with Crippen molar-refractivity contribution in [2.24, 2.45) is 0 Å². The summed E-state index contributed by atoms with van der Waals surface area (Å²) in [6.45, 7) is 4.38. The Balaban J connectivity index is 1.41. The van der Waals surface area contributed by atoms with Crippen molar-refractivity contribution in [2.45, 2.75) is 64.9 Å². The summed E-state index contributed by atoms with van der Waals surface area (Å²) in [4.78, 5) is 19.6. The van der Waals surface area contributed by atoms with Crippen LogP contribution in [0, 0.1) is 19.7 Å². The number of halogens is 3. The molecule has 0 unspecified atom stereocenters. The fraction of sp³-hybridized carbons (Fsp3) is 0.435. The van der Waals surface area contributed by atoms with Crippen LogP contribution in [0.5, 0.6) is 5.75 Å². The second kappa shape index (κ2) is 7.99. The zero-order chi connectivity index (χ0) is 22.6. The summed E-state index contributed by atoms with van der Waals surface area (Å²) in [6, 6.07) is 3.93. The third kappa shape index (κ3) is 3.60. The van der Waals surface area contributed by atoms with Crippen LogP contribution in [0.25, 0.3) is 5.65 Å². The van der Waals surface area contributed by atoms with Crippen molar-refractivity contribution in [1.29, 1.82) is 0 Å². The highest BCUT2D eigenvalue weighted by atomic mass is 35.5. The maximum atomic E-state index is 14.0. The van der Waals surface area contributed by atoms with Crippen LogP contribution in [0.4, 0.5) is 8.78 Å². The number of amides is 1. The van der Waals surface area contributed by atoms with E-state index in [9.17, 15) is 13.6 Å². The molecule has 3 heterocycles. The lowest BCUT2D eigenvalue weighted by Crippen LogP contribution is -2.29. The molecular weight excluding hydrogens is 438 g/mol. The third-order valence-corrected chi connectivity index (χ3v) is 6.86. The Labute approximate surface area is 189 Å². The number of carbonyl (C=O) groups excluding carboxylic acids is 1. The van der Waals surface area contributed by atoms with Crippen LogP contribution < -0.4 is 4.74 Å². The lowest BCUT2D eigenvalue weighted by Gasteiger charge is -2.26. The summed E-state index contributed by atoms with van der Waals surface area (Å²) in [5.41, 5.74) is 4.14. The van der Waals surface area contributed by atoms with E-state index in [2.05, 4.69) is 10.1 Å². The van der Waals surface area contributed by atoms with Crippen molar-refractivity contribution < 1.29 is 18.3 Å². The normalized spacial score (nSPS) is 20.6. The van der Waals surface area contributed by atoms with Gasteiger partial charge in [0.05, 0.1) is 46.9 Å². The highest BCUT2D eigenvalue weighted by Gasteiger charge is 2.32. The fourth-order valence-electron chi connectivity index (χ4n) is 4.52. The Morgan fingerprint density at radius 2 is 1.94 bits per heavy atom. The zero-order valence-electron chi connectivity index (χ0n) is 17.9. The van der Waals surface area contributed by atoms with E-state index in [1.165, 1.54) is 18.2 Å². The molecule has 5 rings (SSSR count). The van der Waals surface area contributed by atoms with E-state index in [1.54, 1.807) is 9.42 Å². The van der Waals surface area contributed by atoms with Gasteiger partial charge in [-0.15, -0.1) is 0 Å². The van der Waals surface area contributed by atoms with Crippen molar-refractivity contribution in [1.82, 2.24) is 19.5 Å². The molecule has 0 N–H and O–H groups in total. The van der Waals surface area contributed by atoms with Gasteiger partial charge in [-0.1, -0.05) is 11.6 Å². The predicted octanol–water partition coefficient (Wildman–Crippen LogP) is 4.95. The van der Waals surface area contributed by atoms with Crippen LogP contribution in [0.3, 0.4) is 0 Å². The molecule has 1 aliphatic carbocycles. The maximum Gasteiger partial charge on any atom is 0.258 e. The molecule has 6 nitrogen and oxygen atoms in total. The summed E-state index contributed by atoms with van der Waals surface area (Å²) >= 11 is 6.30. The van der Waals surface area contributed by atoms with Crippen LogP contribution >= 0.6 is 11.6 Å². The largest absolute Gasteiger partial charge is 0.489 e. The van der Waals surface area contributed by atoms with E-state index in [0.717, 1.165) is 17.0 Å². The molecule has 0 radical (unpaired) electrons. The molecule has 0 saturated heterocycles. The van der Waals surface area contributed by atoms with Crippen molar-refractivity contribution in [3.8, 4) is 5.75 Å². The molecule has 32 heavy (non-hydrogen) atoms. The average molecular weight is 461 g/mol. The van der Waals surface area contributed by atoms with E-state index < -0.39 is 12.0 Å². The molecular formula is C23H23ClF2N4O2. The number of hydrogen-bond acceptors (Lipinski definition) is 4. The molecule has 2 aromatic heterocycles. The molecule has 1 fully saturated rings. The highest BCUT2D eigenvalue weighted by Crippen LogP contribution is 2.33. The van der Waals surface area contributed by atoms with E-state index in [-0.39, 0.29) is 17.8 Å². The number of aromatic nitrogens is 3. The average Bonchev–Trinajstić information content (AvgIpc) is 3.33. The smallest absolute Gasteiger partial charge is 0.258 e.